The largest absolute Gasteiger partial charge is 0.443 e. The third-order valence-electron chi connectivity index (χ3n) is 5.46. The Morgan fingerprint density at radius 2 is 1.85 bits per heavy atom. The van der Waals surface area contributed by atoms with Gasteiger partial charge in [0, 0.05) is 13.0 Å². The second-order valence-corrected chi connectivity index (χ2v) is 7.41. The third kappa shape index (κ3) is 3.98. The van der Waals surface area contributed by atoms with Crippen molar-refractivity contribution in [3.05, 3.63) is 53.7 Å². The van der Waals surface area contributed by atoms with Crippen LogP contribution in [0.25, 0.3) is 0 Å². The van der Waals surface area contributed by atoms with Gasteiger partial charge in [0.15, 0.2) is 0 Å². The summed E-state index contributed by atoms with van der Waals surface area (Å²) < 4.78 is 6.06. The maximum atomic E-state index is 12.9. The van der Waals surface area contributed by atoms with E-state index >= 15 is 0 Å². The minimum Gasteiger partial charge on any atom is -0.443 e. The lowest BCUT2D eigenvalue weighted by Crippen LogP contribution is -2.43. The molecular formula is C21H27N3O2. The molecule has 2 aromatic rings. The summed E-state index contributed by atoms with van der Waals surface area (Å²) >= 11 is 0. The minimum atomic E-state index is -0.0108. The van der Waals surface area contributed by atoms with Gasteiger partial charge in [0.2, 0.25) is 11.8 Å². The second kappa shape index (κ2) is 8.04. The molecule has 0 unspecified atom stereocenters. The van der Waals surface area contributed by atoms with Gasteiger partial charge in [0.25, 0.3) is 0 Å². The van der Waals surface area contributed by atoms with E-state index in [1.54, 1.807) is 0 Å². The summed E-state index contributed by atoms with van der Waals surface area (Å²) in [6, 6.07) is 10.3. The smallest absolute Gasteiger partial charge is 0.237 e. The predicted octanol–water partition coefficient (Wildman–Crippen LogP) is 3.41. The number of oxazole rings is 1. The second-order valence-electron chi connectivity index (χ2n) is 7.41. The van der Waals surface area contributed by atoms with E-state index in [4.69, 9.17) is 4.42 Å². The van der Waals surface area contributed by atoms with Gasteiger partial charge in [-0.15, -0.1) is 0 Å². The average molecular weight is 353 g/mol. The molecule has 0 bridgehead atoms. The Bertz CT molecular complexity index is 722. The van der Waals surface area contributed by atoms with Gasteiger partial charge in [-0.3, -0.25) is 9.69 Å². The maximum Gasteiger partial charge on any atom is 0.237 e. The molecule has 2 aliphatic rings. The number of nitrogens with zero attached hydrogens (tertiary/aromatic N) is 3. The molecule has 1 aromatic carbocycles. The molecule has 0 N–H and O–H groups in total. The normalized spacial score (nSPS) is 21.2. The number of carbonyl (C=O) groups excluding carboxylic acids is 1. The van der Waals surface area contributed by atoms with Crippen molar-refractivity contribution in [2.45, 2.75) is 44.6 Å². The molecule has 0 spiro atoms. The fraction of sp³-hybridized carbons (Fsp3) is 0.524. The monoisotopic (exact) mass is 353 g/mol. The van der Waals surface area contributed by atoms with E-state index < -0.39 is 0 Å². The van der Waals surface area contributed by atoms with E-state index in [0.717, 1.165) is 51.1 Å². The van der Waals surface area contributed by atoms with Gasteiger partial charge in [-0.05, 0) is 50.8 Å². The Balaban J connectivity index is 1.45. The molecule has 4 rings (SSSR count). The summed E-state index contributed by atoms with van der Waals surface area (Å²) in [5.41, 5.74) is 1.21. The van der Waals surface area contributed by atoms with Crippen LogP contribution in [0.5, 0.6) is 0 Å². The van der Waals surface area contributed by atoms with Gasteiger partial charge in [0.05, 0.1) is 12.7 Å². The van der Waals surface area contributed by atoms with Gasteiger partial charge in [0.1, 0.15) is 11.8 Å². The van der Waals surface area contributed by atoms with E-state index in [2.05, 4.69) is 22.0 Å². The molecule has 26 heavy (non-hydrogen) atoms. The van der Waals surface area contributed by atoms with Gasteiger partial charge in [-0.2, -0.15) is 0 Å². The van der Waals surface area contributed by atoms with Crippen molar-refractivity contribution >= 4 is 5.91 Å². The van der Waals surface area contributed by atoms with Crippen LogP contribution in [0.3, 0.4) is 0 Å². The lowest BCUT2D eigenvalue weighted by atomic mass is 10.0. The van der Waals surface area contributed by atoms with Crippen molar-refractivity contribution in [1.29, 1.82) is 0 Å². The number of piperidine rings is 1. The van der Waals surface area contributed by atoms with Gasteiger partial charge < -0.3 is 9.32 Å². The minimum absolute atomic E-state index is 0.0108. The first kappa shape index (κ1) is 17.3. The van der Waals surface area contributed by atoms with Gasteiger partial charge in [-0.25, -0.2) is 4.98 Å². The van der Waals surface area contributed by atoms with Crippen LogP contribution in [-0.2, 0) is 11.2 Å². The summed E-state index contributed by atoms with van der Waals surface area (Å²) in [6.45, 7) is 3.44. The number of hydrogen-bond acceptors (Lipinski definition) is 4. The molecule has 0 saturated carbocycles. The van der Waals surface area contributed by atoms with E-state index in [0.29, 0.717) is 12.4 Å². The molecule has 5 nitrogen and oxygen atoms in total. The van der Waals surface area contributed by atoms with Gasteiger partial charge >= 0.3 is 0 Å². The van der Waals surface area contributed by atoms with Crippen LogP contribution in [0.2, 0.25) is 0 Å². The number of hydrogen-bond donors (Lipinski definition) is 0. The van der Waals surface area contributed by atoms with Crippen molar-refractivity contribution in [3.63, 3.8) is 0 Å². The predicted molar refractivity (Wildman–Crippen MR) is 99.7 cm³/mol. The Kier molecular flexibility index (Phi) is 5.34. The molecule has 2 fully saturated rings. The van der Waals surface area contributed by atoms with Gasteiger partial charge in [-0.1, -0.05) is 30.3 Å². The fourth-order valence-corrected chi connectivity index (χ4v) is 4.07. The summed E-state index contributed by atoms with van der Waals surface area (Å²) in [5.74, 6) is 1.79. The average Bonchev–Trinajstić information content (AvgIpc) is 3.35. The highest BCUT2D eigenvalue weighted by Crippen LogP contribution is 2.31. The van der Waals surface area contributed by atoms with E-state index in [9.17, 15) is 4.79 Å². The van der Waals surface area contributed by atoms with E-state index in [-0.39, 0.29) is 11.9 Å². The molecule has 3 heterocycles. The van der Waals surface area contributed by atoms with E-state index in [1.807, 2.05) is 29.3 Å². The highest BCUT2D eigenvalue weighted by Gasteiger charge is 2.32. The SMILES string of the molecule is O=C(CN1CCCC1)N1CCCC[C@@H]1c1ncc(Cc2ccccc2)o1. The van der Waals surface area contributed by atoms with Crippen LogP contribution in [-0.4, -0.2) is 46.9 Å². The van der Waals surface area contributed by atoms with Crippen LogP contribution in [0, 0.1) is 0 Å². The van der Waals surface area contributed by atoms with Crippen LogP contribution in [0.1, 0.15) is 55.4 Å². The molecular weight excluding hydrogens is 326 g/mol. The highest BCUT2D eigenvalue weighted by molar-refractivity contribution is 5.78. The molecule has 0 aliphatic carbocycles. The highest BCUT2D eigenvalue weighted by atomic mass is 16.4. The van der Waals surface area contributed by atoms with Crippen LogP contribution in [0.15, 0.2) is 40.9 Å². The van der Waals surface area contributed by atoms with Crippen molar-refractivity contribution in [2.24, 2.45) is 0 Å². The van der Waals surface area contributed by atoms with Crippen molar-refractivity contribution < 1.29 is 9.21 Å². The topological polar surface area (TPSA) is 49.6 Å². The lowest BCUT2D eigenvalue weighted by Gasteiger charge is -2.34. The summed E-state index contributed by atoms with van der Waals surface area (Å²) in [6.07, 6.45) is 8.10. The Morgan fingerprint density at radius 3 is 2.65 bits per heavy atom. The molecule has 1 atom stereocenters. The number of aromatic nitrogens is 1. The molecule has 0 radical (unpaired) electrons. The number of likely N-dealkylation sites (tertiary alicyclic amines) is 2. The summed E-state index contributed by atoms with van der Waals surface area (Å²) in [5, 5.41) is 0. The summed E-state index contributed by atoms with van der Waals surface area (Å²) in [7, 11) is 0. The zero-order valence-electron chi connectivity index (χ0n) is 15.3. The molecule has 2 aliphatic heterocycles. The van der Waals surface area contributed by atoms with Crippen molar-refractivity contribution in [2.75, 3.05) is 26.2 Å². The Morgan fingerprint density at radius 1 is 1.08 bits per heavy atom. The molecule has 138 valence electrons. The fourth-order valence-electron chi connectivity index (χ4n) is 4.07. The first-order valence-corrected chi connectivity index (χ1v) is 9.80. The standard InChI is InChI=1S/C21H27N3O2/c25-20(16-23-11-6-7-12-23)24-13-5-4-10-19(24)21-22-15-18(26-21)14-17-8-2-1-3-9-17/h1-3,8-9,15,19H,4-7,10-14,16H2/t19-/m1/s1. The maximum absolute atomic E-state index is 12.9. The molecule has 1 aromatic heterocycles. The quantitative estimate of drug-likeness (QED) is 0.826. The van der Waals surface area contributed by atoms with Crippen LogP contribution < -0.4 is 0 Å². The molecule has 2 saturated heterocycles. The van der Waals surface area contributed by atoms with Crippen LogP contribution in [0.4, 0.5) is 0 Å². The number of amides is 1. The Hall–Kier alpha value is -2.14. The van der Waals surface area contributed by atoms with Crippen LogP contribution >= 0.6 is 0 Å². The zero-order chi connectivity index (χ0) is 17.8. The zero-order valence-corrected chi connectivity index (χ0v) is 15.3. The Labute approximate surface area is 155 Å². The summed E-state index contributed by atoms with van der Waals surface area (Å²) in [4.78, 5) is 21.6. The first-order chi connectivity index (χ1) is 12.8. The van der Waals surface area contributed by atoms with Crippen molar-refractivity contribution in [3.8, 4) is 0 Å². The third-order valence-corrected chi connectivity index (χ3v) is 5.46. The molecule has 5 heteroatoms. The van der Waals surface area contributed by atoms with E-state index in [1.165, 1.54) is 18.4 Å². The first-order valence-electron chi connectivity index (χ1n) is 9.80. The number of benzene rings is 1. The number of carbonyl (C=O) groups is 1. The lowest BCUT2D eigenvalue weighted by molar-refractivity contribution is -0.136. The molecule has 1 amide bonds. The van der Waals surface area contributed by atoms with Crippen molar-refractivity contribution in [1.82, 2.24) is 14.8 Å². The number of rotatable bonds is 5.